The summed E-state index contributed by atoms with van der Waals surface area (Å²) in [5.74, 6) is -0.0432. The van der Waals surface area contributed by atoms with E-state index in [0.29, 0.717) is 36.3 Å². The van der Waals surface area contributed by atoms with Gasteiger partial charge in [-0.05, 0) is 48.2 Å². The minimum atomic E-state index is -0.251. The average Bonchev–Trinajstić information content (AvgIpc) is 3.20. The van der Waals surface area contributed by atoms with Gasteiger partial charge in [-0.1, -0.05) is 49.7 Å². The quantitative estimate of drug-likeness (QED) is 0.432. The highest BCUT2D eigenvalue weighted by molar-refractivity contribution is 7.09. The molecule has 1 N–H and O–H groups in total. The summed E-state index contributed by atoms with van der Waals surface area (Å²) in [5, 5.41) is 6.35. The Morgan fingerprint density at radius 3 is 2.19 bits per heavy atom. The maximum Gasteiger partial charge on any atom is 0.270 e. The second-order valence-electron chi connectivity index (χ2n) is 8.03. The summed E-state index contributed by atoms with van der Waals surface area (Å²) >= 11 is 7.49. The molecule has 31 heavy (non-hydrogen) atoms. The lowest BCUT2D eigenvalue weighted by molar-refractivity contribution is 0.0925. The number of carbonyl (C=O) groups is 1. The number of nitrogens with zero attached hydrogens (tertiary/aromatic N) is 2. The van der Waals surface area contributed by atoms with Gasteiger partial charge in [-0.15, -0.1) is 11.3 Å². The zero-order valence-electron chi connectivity index (χ0n) is 17.9. The van der Waals surface area contributed by atoms with Gasteiger partial charge in [-0.3, -0.25) is 9.69 Å². The van der Waals surface area contributed by atoms with Gasteiger partial charge in [0.15, 0.2) is 0 Å². The van der Waals surface area contributed by atoms with E-state index in [4.69, 9.17) is 11.6 Å². The van der Waals surface area contributed by atoms with E-state index < -0.39 is 0 Å². The molecule has 1 aromatic heterocycles. The van der Waals surface area contributed by atoms with Crippen LogP contribution < -0.4 is 5.32 Å². The zero-order chi connectivity index (χ0) is 22.4. The SMILES string of the molecule is CC(C)[C@H](C)NC(=O)c1csc(CN(Cc2ccc(F)cc2)Cc2ccc(Cl)cc2)n1. The summed E-state index contributed by atoms with van der Waals surface area (Å²) in [5.41, 5.74) is 2.57. The molecule has 0 saturated carbocycles. The van der Waals surface area contributed by atoms with E-state index in [1.165, 1.54) is 23.5 Å². The topological polar surface area (TPSA) is 45.2 Å². The molecule has 3 aromatic rings. The van der Waals surface area contributed by atoms with Gasteiger partial charge in [0.05, 0.1) is 6.54 Å². The van der Waals surface area contributed by atoms with E-state index in [1.54, 1.807) is 17.5 Å². The van der Waals surface area contributed by atoms with E-state index in [9.17, 15) is 9.18 Å². The molecule has 0 bridgehead atoms. The maximum atomic E-state index is 13.3. The van der Waals surface area contributed by atoms with E-state index in [-0.39, 0.29) is 17.8 Å². The number of rotatable bonds is 9. The van der Waals surface area contributed by atoms with Crippen molar-refractivity contribution in [3.8, 4) is 0 Å². The fraction of sp³-hybridized carbons (Fsp3) is 0.333. The first kappa shape index (κ1) is 23.4. The third-order valence-corrected chi connectivity index (χ3v) is 6.23. The third kappa shape index (κ3) is 7.13. The second-order valence-corrected chi connectivity index (χ2v) is 9.41. The van der Waals surface area contributed by atoms with E-state index >= 15 is 0 Å². The van der Waals surface area contributed by atoms with E-state index in [2.05, 4.69) is 29.0 Å². The molecule has 4 nitrogen and oxygen atoms in total. The molecule has 0 aliphatic rings. The molecule has 1 atom stereocenters. The van der Waals surface area contributed by atoms with Gasteiger partial charge < -0.3 is 5.32 Å². The lowest BCUT2D eigenvalue weighted by Crippen LogP contribution is -2.36. The highest BCUT2D eigenvalue weighted by Crippen LogP contribution is 2.19. The van der Waals surface area contributed by atoms with Gasteiger partial charge in [-0.25, -0.2) is 9.37 Å². The molecule has 0 spiro atoms. The highest BCUT2D eigenvalue weighted by Gasteiger charge is 2.17. The summed E-state index contributed by atoms with van der Waals surface area (Å²) in [4.78, 5) is 19.2. The van der Waals surface area contributed by atoms with E-state index in [1.807, 2.05) is 31.2 Å². The smallest absolute Gasteiger partial charge is 0.270 e. The predicted molar refractivity (Wildman–Crippen MR) is 125 cm³/mol. The number of carbonyl (C=O) groups excluding carboxylic acids is 1. The first-order valence-electron chi connectivity index (χ1n) is 10.3. The molecular weight excluding hydrogens is 433 g/mol. The molecule has 0 aliphatic heterocycles. The number of thiazole rings is 1. The first-order valence-corrected chi connectivity index (χ1v) is 11.5. The molecule has 0 saturated heterocycles. The van der Waals surface area contributed by atoms with Crippen molar-refractivity contribution in [2.24, 2.45) is 5.92 Å². The molecule has 3 rings (SSSR count). The van der Waals surface area contributed by atoms with Crippen molar-refractivity contribution >= 4 is 28.8 Å². The Bertz CT molecular complexity index is 941. The van der Waals surface area contributed by atoms with Crippen molar-refractivity contribution in [1.82, 2.24) is 15.2 Å². The Kier molecular flexibility index (Phi) is 8.18. The first-order chi connectivity index (χ1) is 14.8. The van der Waals surface area contributed by atoms with Crippen molar-refractivity contribution in [3.63, 3.8) is 0 Å². The Morgan fingerprint density at radius 1 is 1.03 bits per heavy atom. The van der Waals surface area contributed by atoms with Gasteiger partial charge in [0.25, 0.3) is 5.91 Å². The van der Waals surface area contributed by atoms with Crippen molar-refractivity contribution in [1.29, 1.82) is 0 Å². The summed E-state index contributed by atoms with van der Waals surface area (Å²) < 4.78 is 13.3. The molecule has 1 amide bonds. The molecule has 0 unspecified atom stereocenters. The molecule has 164 valence electrons. The Morgan fingerprint density at radius 2 is 1.61 bits per heavy atom. The standard InChI is InChI=1S/C24H27ClFN3OS/c1-16(2)17(3)27-24(30)22-15-31-23(28-22)14-29(12-18-4-8-20(25)9-5-18)13-19-6-10-21(26)11-7-19/h4-11,15-17H,12-14H2,1-3H3,(H,27,30)/t17-/m0/s1. The summed E-state index contributed by atoms with van der Waals surface area (Å²) in [7, 11) is 0. The highest BCUT2D eigenvalue weighted by atomic mass is 35.5. The summed E-state index contributed by atoms with van der Waals surface area (Å²) in [6.45, 7) is 8.03. The van der Waals surface area contributed by atoms with Crippen molar-refractivity contribution < 1.29 is 9.18 Å². The molecule has 7 heteroatoms. The Hall–Kier alpha value is -2.28. The van der Waals surface area contributed by atoms with Gasteiger partial charge in [0.1, 0.15) is 16.5 Å². The molecule has 1 heterocycles. The number of hydrogen-bond donors (Lipinski definition) is 1. The summed E-state index contributed by atoms with van der Waals surface area (Å²) in [6, 6.07) is 14.3. The average molecular weight is 460 g/mol. The number of benzene rings is 2. The van der Waals surface area contributed by atoms with Gasteiger partial charge in [-0.2, -0.15) is 0 Å². The zero-order valence-corrected chi connectivity index (χ0v) is 19.5. The van der Waals surface area contributed by atoms with Crippen LogP contribution in [-0.4, -0.2) is 21.8 Å². The van der Waals surface area contributed by atoms with Crippen LogP contribution in [0, 0.1) is 11.7 Å². The Labute approximate surface area is 192 Å². The third-order valence-electron chi connectivity index (χ3n) is 5.14. The van der Waals surface area contributed by atoms with Gasteiger partial charge in [0, 0.05) is 29.5 Å². The summed E-state index contributed by atoms with van der Waals surface area (Å²) in [6.07, 6.45) is 0. The number of halogens is 2. The minimum absolute atomic E-state index is 0.0810. The minimum Gasteiger partial charge on any atom is -0.348 e. The monoisotopic (exact) mass is 459 g/mol. The molecular formula is C24H27ClFN3OS. The number of aromatic nitrogens is 1. The van der Waals surface area contributed by atoms with Crippen LogP contribution in [0.3, 0.4) is 0 Å². The van der Waals surface area contributed by atoms with Gasteiger partial charge in [0.2, 0.25) is 0 Å². The van der Waals surface area contributed by atoms with Crippen LogP contribution in [0.2, 0.25) is 5.02 Å². The molecule has 2 aromatic carbocycles. The van der Waals surface area contributed by atoms with Crippen LogP contribution in [0.4, 0.5) is 4.39 Å². The fourth-order valence-electron chi connectivity index (χ4n) is 2.99. The Balaban J connectivity index is 1.73. The van der Waals surface area contributed by atoms with E-state index in [0.717, 1.165) is 16.1 Å². The van der Waals surface area contributed by atoms with Crippen LogP contribution in [0.15, 0.2) is 53.9 Å². The number of amides is 1. The maximum absolute atomic E-state index is 13.3. The van der Waals surface area contributed by atoms with Crippen molar-refractivity contribution in [2.75, 3.05) is 0 Å². The largest absolute Gasteiger partial charge is 0.348 e. The van der Waals surface area contributed by atoms with Crippen LogP contribution in [0.25, 0.3) is 0 Å². The van der Waals surface area contributed by atoms with Crippen molar-refractivity contribution in [3.05, 3.63) is 86.6 Å². The molecule has 0 aliphatic carbocycles. The lowest BCUT2D eigenvalue weighted by atomic mass is 10.1. The predicted octanol–water partition coefficient (Wildman–Crippen LogP) is 5.91. The van der Waals surface area contributed by atoms with Crippen LogP contribution >= 0.6 is 22.9 Å². The van der Waals surface area contributed by atoms with Crippen LogP contribution in [0.1, 0.15) is 47.4 Å². The van der Waals surface area contributed by atoms with Crippen molar-refractivity contribution in [2.45, 2.75) is 46.4 Å². The second kappa shape index (κ2) is 10.8. The number of nitrogens with one attached hydrogen (secondary N) is 1. The molecule has 0 fully saturated rings. The normalized spacial score (nSPS) is 12.4. The van der Waals surface area contributed by atoms with Crippen LogP contribution in [0.5, 0.6) is 0 Å². The van der Waals surface area contributed by atoms with Gasteiger partial charge >= 0.3 is 0 Å². The lowest BCUT2D eigenvalue weighted by Gasteiger charge is -2.21. The molecule has 0 radical (unpaired) electrons. The van der Waals surface area contributed by atoms with Crippen LogP contribution in [-0.2, 0) is 19.6 Å². The fourth-order valence-corrected chi connectivity index (χ4v) is 3.93. The number of hydrogen-bond acceptors (Lipinski definition) is 4.